The summed E-state index contributed by atoms with van der Waals surface area (Å²) in [4.78, 5) is 14.7. The monoisotopic (exact) mass is 362 g/mol. The highest BCUT2D eigenvalue weighted by atomic mass is 16.4. The van der Waals surface area contributed by atoms with Gasteiger partial charge in [-0.1, -0.05) is 36.4 Å². The first kappa shape index (κ1) is 16.8. The molecule has 2 aromatic rings. The minimum atomic E-state index is -0.702. The van der Waals surface area contributed by atoms with Gasteiger partial charge >= 0.3 is 5.97 Å². The Morgan fingerprint density at radius 2 is 1.89 bits per heavy atom. The van der Waals surface area contributed by atoms with E-state index in [4.69, 9.17) is 0 Å². The average Bonchev–Trinajstić information content (AvgIpc) is 3.16. The van der Waals surface area contributed by atoms with E-state index in [0.717, 1.165) is 19.4 Å². The molecule has 0 aromatic heterocycles. The first-order valence-corrected chi connectivity index (χ1v) is 9.83. The van der Waals surface area contributed by atoms with Crippen LogP contribution in [0, 0.1) is 11.3 Å². The first-order chi connectivity index (χ1) is 13.0. The molecule has 4 unspecified atom stereocenters. The van der Waals surface area contributed by atoms with Crippen molar-refractivity contribution in [3.63, 3.8) is 0 Å². The fourth-order valence-corrected chi connectivity index (χ4v) is 6.41. The third-order valence-electron chi connectivity index (χ3n) is 7.55. The number of hydrogen-bond donors (Lipinski definition) is 2. The number of anilines is 1. The largest absolute Gasteiger partial charge is 0.481 e. The molecule has 4 heteroatoms. The first-order valence-electron chi connectivity index (χ1n) is 9.83. The molecule has 2 fully saturated rings. The summed E-state index contributed by atoms with van der Waals surface area (Å²) < 4.78 is 0. The van der Waals surface area contributed by atoms with E-state index in [1.807, 2.05) is 14.1 Å². The van der Waals surface area contributed by atoms with E-state index >= 15 is 0 Å². The molecule has 2 N–H and O–H groups in total. The Morgan fingerprint density at radius 1 is 1.15 bits per heavy atom. The van der Waals surface area contributed by atoms with Gasteiger partial charge in [0.1, 0.15) is 0 Å². The van der Waals surface area contributed by atoms with Crippen LogP contribution < -0.4 is 10.2 Å². The van der Waals surface area contributed by atoms with Gasteiger partial charge in [-0.25, -0.2) is 0 Å². The van der Waals surface area contributed by atoms with Crippen LogP contribution in [0.25, 0.3) is 0 Å². The minimum absolute atomic E-state index is 0.0846. The van der Waals surface area contributed by atoms with Crippen molar-refractivity contribution in [2.45, 2.75) is 24.2 Å². The van der Waals surface area contributed by atoms with Gasteiger partial charge in [-0.15, -0.1) is 0 Å². The highest BCUT2D eigenvalue weighted by molar-refractivity contribution is 5.80. The van der Waals surface area contributed by atoms with Gasteiger partial charge in [0.25, 0.3) is 0 Å². The summed E-state index contributed by atoms with van der Waals surface area (Å²) in [5.41, 5.74) is 4.11. The van der Waals surface area contributed by atoms with Gasteiger partial charge < -0.3 is 15.3 Å². The van der Waals surface area contributed by atoms with Crippen LogP contribution in [0.3, 0.4) is 0 Å². The quantitative estimate of drug-likeness (QED) is 0.880. The van der Waals surface area contributed by atoms with Gasteiger partial charge in [-0.05, 0) is 41.7 Å². The fraction of sp³-hybridized carbons (Fsp3) is 0.435. The van der Waals surface area contributed by atoms with E-state index in [2.05, 4.69) is 58.7 Å². The average molecular weight is 362 g/mol. The van der Waals surface area contributed by atoms with E-state index in [1.54, 1.807) is 0 Å². The summed E-state index contributed by atoms with van der Waals surface area (Å²) in [6.45, 7) is 1.34. The molecule has 2 bridgehead atoms. The van der Waals surface area contributed by atoms with Crippen molar-refractivity contribution < 1.29 is 9.90 Å². The highest BCUT2D eigenvalue weighted by Gasteiger charge is 2.68. The summed E-state index contributed by atoms with van der Waals surface area (Å²) in [7, 11) is 4.09. The SMILES string of the molecule is CN(C)c1ccc(C23CCC(c4ccccc42)C2(C(=O)O)CNCC32)cc1. The van der Waals surface area contributed by atoms with Crippen molar-refractivity contribution in [1.29, 1.82) is 0 Å². The number of carboxylic acid groups (broad SMARTS) is 1. The molecule has 3 aliphatic carbocycles. The van der Waals surface area contributed by atoms with E-state index in [0.29, 0.717) is 6.54 Å². The molecule has 140 valence electrons. The molecule has 6 rings (SSSR count). The van der Waals surface area contributed by atoms with E-state index in [-0.39, 0.29) is 17.3 Å². The summed E-state index contributed by atoms with van der Waals surface area (Å²) in [6, 6.07) is 17.4. The van der Waals surface area contributed by atoms with Gasteiger partial charge in [-0.3, -0.25) is 4.79 Å². The zero-order chi connectivity index (χ0) is 18.8. The van der Waals surface area contributed by atoms with Crippen molar-refractivity contribution in [2.24, 2.45) is 11.3 Å². The molecule has 0 radical (unpaired) electrons. The van der Waals surface area contributed by atoms with Crippen molar-refractivity contribution in [1.82, 2.24) is 5.32 Å². The Balaban J connectivity index is 1.78. The Hall–Kier alpha value is -2.33. The van der Waals surface area contributed by atoms with Crippen molar-refractivity contribution in [2.75, 3.05) is 32.1 Å². The summed E-state index contributed by atoms with van der Waals surface area (Å²) >= 11 is 0. The second-order valence-electron chi connectivity index (χ2n) is 8.62. The molecule has 4 aliphatic rings. The van der Waals surface area contributed by atoms with Crippen LogP contribution >= 0.6 is 0 Å². The zero-order valence-corrected chi connectivity index (χ0v) is 15.9. The van der Waals surface area contributed by atoms with E-state index < -0.39 is 11.4 Å². The number of aliphatic carboxylic acids is 1. The van der Waals surface area contributed by atoms with Crippen molar-refractivity contribution >= 4 is 11.7 Å². The lowest BCUT2D eigenvalue weighted by Crippen LogP contribution is -2.60. The lowest BCUT2D eigenvalue weighted by molar-refractivity contribution is -0.157. The van der Waals surface area contributed by atoms with E-state index in [1.165, 1.54) is 22.4 Å². The number of rotatable bonds is 3. The van der Waals surface area contributed by atoms with Gasteiger partial charge in [-0.2, -0.15) is 0 Å². The fourth-order valence-electron chi connectivity index (χ4n) is 6.41. The zero-order valence-electron chi connectivity index (χ0n) is 15.9. The van der Waals surface area contributed by atoms with Crippen molar-refractivity contribution in [3.8, 4) is 0 Å². The topological polar surface area (TPSA) is 52.6 Å². The van der Waals surface area contributed by atoms with Crippen LogP contribution in [0.4, 0.5) is 5.69 Å². The molecular weight excluding hydrogens is 336 g/mol. The third-order valence-corrected chi connectivity index (χ3v) is 7.55. The van der Waals surface area contributed by atoms with Crippen LogP contribution in [-0.4, -0.2) is 38.3 Å². The standard InChI is InChI=1S/C23H26N2O2/c1-25(2)16-9-7-15(8-10-16)22-12-11-19(17-5-3-4-6-18(17)22)23(21(26)27)14-24-13-20(22)23/h3-10,19-20,24H,11-14H2,1-2H3,(H,26,27). The lowest BCUT2D eigenvalue weighted by Gasteiger charge is -2.59. The minimum Gasteiger partial charge on any atom is -0.481 e. The molecule has 2 aromatic carbocycles. The smallest absolute Gasteiger partial charge is 0.311 e. The summed E-state index contributed by atoms with van der Waals surface area (Å²) in [6.07, 6.45) is 1.97. The molecule has 27 heavy (non-hydrogen) atoms. The lowest BCUT2D eigenvalue weighted by atomic mass is 9.42. The van der Waals surface area contributed by atoms with Gasteiger partial charge in [0.2, 0.25) is 0 Å². The molecule has 4 atom stereocenters. The molecule has 4 nitrogen and oxygen atoms in total. The number of fused-ring (bicyclic) bond motifs is 1. The Kier molecular flexibility index (Phi) is 3.48. The maximum atomic E-state index is 12.6. The predicted octanol–water partition coefficient (Wildman–Crippen LogP) is 3.22. The molecule has 1 heterocycles. The number of nitrogens with zero attached hydrogens (tertiary/aromatic N) is 1. The Morgan fingerprint density at radius 3 is 2.59 bits per heavy atom. The van der Waals surface area contributed by atoms with Crippen molar-refractivity contribution in [3.05, 3.63) is 65.2 Å². The Labute approximate surface area is 160 Å². The molecular formula is C23H26N2O2. The Bertz CT molecular complexity index is 907. The second kappa shape index (κ2) is 5.59. The predicted molar refractivity (Wildman–Crippen MR) is 106 cm³/mol. The number of nitrogens with one attached hydrogen (secondary N) is 1. The highest BCUT2D eigenvalue weighted by Crippen LogP contribution is 2.67. The van der Waals surface area contributed by atoms with Crippen LogP contribution in [0.5, 0.6) is 0 Å². The molecule has 0 amide bonds. The van der Waals surface area contributed by atoms with Gasteiger partial charge in [0, 0.05) is 50.1 Å². The maximum Gasteiger partial charge on any atom is 0.311 e. The van der Waals surface area contributed by atoms with Gasteiger partial charge in [0.15, 0.2) is 0 Å². The molecule has 1 aliphatic heterocycles. The number of carbonyl (C=O) groups is 1. The maximum absolute atomic E-state index is 12.6. The number of hydrogen-bond acceptors (Lipinski definition) is 3. The van der Waals surface area contributed by atoms with Crippen LogP contribution in [0.15, 0.2) is 48.5 Å². The van der Waals surface area contributed by atoms with E-state index in [9.17, 15) is 9.90 Å². The van der Waals surface area contributed by atoms with Gasteiger partial charge in [0.05, 0.1) is 5.41 Å². The number of benzene rings is 2. The molecule has 1 saturated heterocycles. The molecule has 1 saturated carbocycles. The third kappa shape index (κ3) is 1.94. The summed E-state index contributed by atoms with van der Waals surface area (Å²) in [5, 5.41) is 13.8. The molecule has 0 spiro atoms. The van der Waals surface area contributed by atoms with Crippen LogP contribution in [0.2, 0.25) is 0 Å². The normalized spacial score (nSPS) is 33.4. The van der Waals surface area contributed by atoms with Crippen LogP contribution in [0.1, 0.15) is 35.4 Å². The van der Waals surface area contributed by atoms with Crippen LogP contribution in [-0.2, 0) is 10.2 Å². The summed E-state index contributed by atoms with van der Waals surface area (Å²) in [5.74, 6) is -0.443. The number of carboxylic acids is 1. The second-order valence-corrected chi connectivity index (χ2v) is 8.62.